The van der Waals surface area contributed by atoms with Gasteiger partial charge in [-0.25, -0.2) is 19.7 Å². The summed E-state index contributed by atoms with van der Waals surface area (Å²) in [4.78, 5) is 28.5. The van der Waals surface area contributed by atoms with Gasteiger partial charge >= 0.3 is 6.09 Å². The lowest BCUT2D eigenvalue weighted by atomic mass is 10.1. The molecule has 1 amide bonds. The van der Waals surface area contributed by atoms with E-state index in [2.05, 4.69) is 37.2 Å². The summed E-state index contributed by atoms with van der Waals surface area (Å²) in [5, 5.41) is 11.5. The number of aromatic nitrogens is 4. The predicted octanol–water partition coefficient (Wildman–Crippen LogP) is 3.88. The third-order valence-electron chi connectivity index (χ3n) is 6.01. The number of halogens is 1. The molecule has 1 fully saturated rings. The van der Waals surface area contributed by atoms with E-state index >= 15 is 0 Å². The van der Waals surface area contributed by atoms with Gasteiger partial charge in [0.25, 0.3) is 0 Å². The van der Waals surface area contributed by atoms with E-state index in [1.807, 2.05) is 16.8 Å². The molecule has 186 valence electrons. The maximum absolute atomic E-state index is 10.7. The Hall–Kier alpha value is -4.25. The molecule has 0 radical (unpaired) electrons. The molecule has 1 aliphatic heterocycles. The summed E-state index contributed by atoms with van der Waals surface area (Å²) < 4.78 is 12.8. The molecule has 0 saturated carbocycles. The molecule has 0 atom stereocenters. The zero-order valence-corrected chi connectivity index (χ0v) is 20.4. The van der Waals surface area contributed by atoms with Gasteiger partial charge in [0.2, 0.25) is 5.95 Å². The third kappa shape index (κ3) is 4.65. The summed E-state index contributed by atoms with van der Waals surface area (Å²) in [6.07, 6.45) is 5.73. The lowest BCUT2D eigenvalue weighted by Gasteiger charge is -2.36. The van der Waals surface area contributed by atoms with Crippen molar-refractivity contribution in [2.24, 2.45) is 0 Å². The Kier molecular flexibility index (Phi) is 6.38. The lowest BCUT2D eigenvalue weighted by Crippen LogP contribution is -2.47. The van der Waals surface area contributed by atoms with Crippen molar-refractivity contribution < 1.29 is 19.4 Å². The smallest absolute Gasteiger partial charge is 0.409 e. The van der Waals surface area contributed by atoms with Gasteiger partial charge in [0, 0.05) is 62.0 Å². The summed E-state index contributed by atoms with van der Waals surface area (Å²) in [5.74, 6) is 1.75. The average molecular weight is 510 g/mol. The highest BCUT2D eigenvalue weighted by Crippen LogP contribution is 2.38. The van der Waals surface area contributed by atoms with Gasteiger partial charge in [-0.05, 0) is 12.1 Å². The molecule has 4 aromatic rings. The average Bonchev–Trinajstić information content (AvgIpc) is 3.32. The van der Waals surface area contributed by atoms with Gasteiger partial charge < -0.3 is 28.8 Å². The van der Waals surface area contributed by atoms with E-state index in [0.717, 1.165) is 48.8 Å². The first-order valence-corrected chi connectivity index (χ1v) is 11.6. The first kappa shape index (κ1) is 23.5. The number of benzene rings is 1. The maximum Gasteiger partial charge on any atom is 0.409 e. The molecule has 36 heavy (non-hydrogen) atoms. The number of anilines is 3. The molecule has 0 bridgehead atoms. The van der Waals surface area contributed by atoms with Crippen LogP contribution in [0.5, 0.6) is 11.5 Å². The number of nitrogens with one attached hydrogen (secondary N) is 1. The number of imidazole rings is 1. The largest absolute Gasteiger partial charge is 0.496 e. The number of hydrogen-bond donors (Lipinski definition) is 2. The topological polar surface area (TPSA) is 117 Å². The summed E-state index contributed by atoms with van der Waals surface area (Å²) in [5.41, 5.74) is 3.75. The Labute approximate surface area is 211 Å². The molecule has 11 nitrogen and oxygen atoms in total. The quantitative estimate of drug-likeness (QED) is 0.399. The van der Waals surface area contributed by atoms with Crippen molar-refractivity contribution in [3.8, 4) is 22.8 Å². The number of ether oxygens (including phenoxy) is 2. The van der Waals surface area contributed by atoms with Crippen LogP contribution in [-0.2, 0) is 0 Å². The minimum Gasteiger partial charge on any atom is -0.496 e. The van der Waals surface area contributed by atoms with Gasteiger partial charge in [-0.1, -0.05) is 11.6 Å². The van der Waals surface area contributed by atoms with E-state index < -0.39 is 6.09 Å². The molecule has 12 heteroatoms. The lowest BCUT2D eigenvalue weighted by molar-refractivity contribution is 0.209. The van der Waals surface area contributed by atoms with Crippen molar-refractivity contribution in [1.29, 1.82) is 0 Å². The van der Waals surface area contributed by atoms with Gasteiger partial charge in [0.05, 0.1) is 43.0 Å². The summed E-state index contributed by atoms with van der Waals surface area (Å²) in [6, 6.07) is 7.68. The molecule has 0 aliphatic carbocycles. The van der Waals surface area contributed by atoms with E-state index in [1.165, 1.54) is 12.4 Å². The van der Waals surface area contributed by atoms with Crippen LogP contribution in [0.2, 0.25) is 5.02 Å². The zero-order valence-electron chi connectivity index (χ0n) is 19.7. The van der Waals surface area contributed by atoms with Gasteiger partial charge in [0.15, 0.2) is 0 Å². The maximum atomic E-state index is 10.7. The monoisotopic (exact) mass is 509 g/mol. The SMILES string of the molecule is COc1cc(OC)c(-c2cn3ccc(N4CCN(c5ncc(NC(=O)O)cn5)CC4)cc3n2)cc1Cl. The fraction of sp³-hybridized carbons (Fsp3) is 0.250. The first-order valence-electron chi connectivity index (χ1n) is 11.2. The van der Waals surface area contributed by atoms with Crippen molar-refractivity contribution in [2.75, 3.05) is 55.5 Å². The highest BCUT2D eigenvalue weighted by Gasteiger charge is 2.20. The molecule has 1 aromatic carbocycles. The highest BCUT2D eigenvalue weighted by molar-refractivity contribution is 6.32. The minimum atomic E-state index is -1.14. The molecule has 3 aromatic heterocycles. The molecule has 1 saturated heterocycles. The van der Waals surface area contributed by atoms with Crippen LogP contribution in [0.25, 0.3) is 16.9 Å². The van der Waals surface area contributed by atoms with Crippen LogP contribution in [-0.4, -0.2) is 71.0 Å². The number of hydrogen-bond acceptors (Lipinski definition) is 8. The predicted molar refractivity (Wildman–Crippen MR) is 137 cm³/mol. The van der Waals surface area contributed by atoms with Crippen LogP contribution in [0.4, 0.5) is 22.1 Å². The van der Waals surface area contributed by atoms with Crippen LogP contribution in [0, 0.1) is 0 Å². The standard InChI is InChI=1S/C24H24ClN7O4/c1-35-20-11-21(36-2)18(25)10-17(20)19-14-32-4-3-16(9-22(32)29-19)30-5-7-31(8-6-30)23-26-12-15(13-27-23)28-24(33)34/h3-4,9-14,28H,5-8H2,1-2H3,(H,33,34). The molecule has 0 unspecified atom stereocenters. The van der Waals surface area contributed by atoms with E-state index in [-0.39, 0.29) is 0 Å². The highest BCUT2D eigenvalue weighted by atomic mass is 35.5. The van der Waals surface area contributed by atoms with Crippen LogP contribution in [0.3, 0.4) is 0 Å². The van der Waals surface area contributed by atoms with Gasteiger partial charge in [-0.2, -0.15) is 0 Å². The van der Waals surface area contributed by atoms with Crippen molar-refractivity contribution in [2.45, 2.75) is 0 Å². The normalized spacial score (nSPS) is 13.6. The number of fused-ring (bicyclic) bond motifs is 1. The number of nitrogens with zero attached hydrogens (tertiary/aromatic N) is 6. The Morgan fingerprint density at radius 2 is 1.72 bits per heavy atom. The first-order chi connectivity index (χ1) is 17.4. The minimum absolute atomic E-state index is 0.340. The summed E-state index contributed by atoms with van der Waals surface area (Å²) in [6.45, 7) is 3.03. The summed E-state index contributed by atoms with van der Waals surface area (Å²) in [7, 11) is 3.17. The second kappa shape index (κ2) is 9.78. The number of amides is 1. The van der Waals surface area contributed by atoms with E-state index in [9.17, 15) is 4.79 Å². The van der Waals surface area contributed by atoms with Crippen molar-refractivity contribution >= 4 is 40.7 Å². The molecule has 0 spiro atoms. The number of methoxy groups -OCH3 is 2. The second-order valence-corrected chi connectivity index (χ2v) is 8.55. The van der Waals surface area contributed by atoms with E-state index in [0.29, 0.717) is 28.2 Å². The van der Waals surface area contributed by atoms with E-state index in [1.54, 1.807) is 26.4 Å². The summed E-state index contributed by atoms with van der Waals surface area (Å²) >= 11 is 6.36. The Bertz CT molecular complexity index is 1400. The molecule has 5 rings (SSSR count). The Balaban J connectivity index is 1.31. The Morgan fingerprint density at radius 1 is 1.03 bits per heavy atom. The third-order valence-corrected chi connectivity index (χ3v) is 6.31. The van der Waals surface area contributed by atoms with Crippen LogP contribution in [0.1, 0.15) is 0 Å². The number of carbonyl (C=O) groups is 1. The van der Waals surface area contributed by atoms with Crippen LogP contribution in [0.15, 0.2) is 49.1 Å². The van der Waals surface area contributed by atoms with Crippen molar-refractivity contribution in [3.63, 3.8) is 0 Å². The van der Waals surface area contributed by atoms with Crippen molar-refractivity contribution in [1.82, 2.24) is 19.4 Å². The Morgan fingerprint density at radius 3 is 2.39 bits per heavy atom. The van der Waals surface area contributed by atoms with E-state index in [4.69, 9.17) is 31.2 Å². The van der Waals surface area contributed by atoms with Crippen LogP contribution < -0.4 is 24.6 Å². The molecular formula is C24H24ClN7O4. The van der Waals surface area contributed by atoms with Gasteiger partial charge in [-0.3, -0.25) is 5.32 Å². The molecule has 4 heterocycles. The fourth-order valence-electron chi connectivity index (χ4n) is 4.20. The molecule has 2 N–H and O–H groups in total. The molecular weight excluding hydrogens is 486 g/mol. The number of piperazine rings is 1. The van der Waals surface area contributed by atoms with Gasteiger partial charge in [-0.15, -0.1) is 0 Å². The zero-order chi connectivity index (χ0) is 25.2. The fourth-order valence-corrected chi connectivity index (χ4v) is 4.44. The molecule has 1 aliphatic rings. The second-order valence-electron chi connectivity index (χ2n) is 8.14. The number of rotatable bonds is 6. The number of carboxylic acid groups (broad SMARTS) is 1. The number of pyridine rings is 1. The van der Waals surface area contributed by atoms with Gasteiger partial charge in [0.1, 0.15) is 17.1 Å². The van der Waals surface area contributed by atoms with Crippen LogP contribution >= 0.6 is 11.6 Å². The van der Waals surface area contributed by atoms with Crippen molar-refractivity contribution in [3.05, 3.63) is 54.1 Å².